The third kappa shape index (κ3) is 3.98. The van der Waals surface area contributed by atoms with Crippen LogP contribution in [0.3, 0.4) is 0 Å². The highest BCUT2D eigenvalue weighted by Gasteiger charge is 2.15. The van der Waals surface area contributed by atoms with Gasteiger partial charge in [-0.25, -0.2) is 0 Å². The van der Waals surface area contributed by atoms with Crippen molar-refractivity contribution in [3.05, 3.63) is 48.0 Å². The molecule has 1 unspecified atom stereocenters. The lowest BCUT2D eigenvalue weighted by Gasteiger charge is -2.17. The van der Waals surface area contributed by atoms with Gasteiger partial charge in [0.25, 0.3) is 0 Å². The standard InChI is InChI=1S/C19H22N2O3/c1-13-5-3-6-15(11-13)21-19(22)14(2)20-16-7-8-17-18(12-16)24-10-4-9-23-17/h3,5-8,11-12,14,20H,4,9-10H2,1-2H3,(H,21,22). The summed E-state index contributed by atoms with van der Waals surface area (Å²) in [6.45, 7) is 5.12. The number of rotatable bonds is 4. The minimum atomic E-state index is -0.379. The maximum Gasteiger partial charge on any atom is 0.246 e. The number of carbonyl (C=O) groups is 1. The van der Waals surface area contributed by atoms with Crippen molar-refractivity contribution in [1.82, 2.24) is 0 Å². The van der Waals surface area contributed by atoms with Crippen LogP contribution in [0.5, 0.6) is 11.5 Å². The van der Waals surface area contributed by atoms with Gasteiger partial charge >= 0.3 is 0 Å². The Kier molecular flexibility index (Phi) is 4.89. The SMILES string of the molecule is Cc1cccc(NC(=O)C(C)Nc2ccc3c(c2)OCCCO3)c1. The first kappa shape index (κ1) is 16.2. The zero-order chi connectivity index (χ0) is 16.9. The molecule has 0 saturated carbocycles. The van der Waals surface area contributed by atoms with Crippen LogP contribution in [0.2, 0.25) is 0 Å². The van der Waals surface area contributed by atoms with Crippen molar-refractivity contribution in [3.8, 4) is 11.5 Å². The van der Waals surface area contributed by atoms with Gasteiger partial charge in [-0.2, -0.15) is 0 Å². The summed E-state index contributed by atoms with van der Waals surface area (Å²) < 4.78 is 11.3. The van der Waals surface area contributed by atoms with E-state index in [4.69, 9.17) is 9.47 Å². The Balaban J connectivity index is 1.64. The Labute approximate surface area is 142 Å². The van der Waals surface area contributed by atoms with Gasteiger partial charge in [-0.15, -0.1) is 0 Å². The molecule has 1 heterocycles. The minimum absolute atomic E-state index is 0.0901. The monoisotopic (exact) mass is 326 g/mol. The number of fused-ring (bicyclic) bond motifs is 1. The Morgan fingerprint density at radius 2 is 1.83 bits per heavy atom. The Hall–Kier alpha value is -2.69. The second-order valence-electron chi connectivity index (χ2n) is 5.94. The van der Waals surface area contributed by atoms with Crippen LogP contribution in [0.1, 0.15) is 18.9 Å². The number of ether oxygens (including phenoxy) is 2. The van der Waals surface area contributed by atoms with E-state index in [0.29, 0.717) is 19.0 Å². The third-order valence-corrected chi connectivity index (χ3v) is 3.81. The van der Waals surface area contributed by atoms with Crippen molar-refractivity contribution >= 4 is 17.3 Å². The van der Waals surface area contributed by atoms with Crippen LogP contribution in [0.4, 0.5) is 11.4 Å². The zero-order valence-electron chi connectivity index (χ0n) is 14.0. The summed E-state index contributed by atoms with van der Waals surface area (Å²) in [6, 6.07) is 13.0. The maximum absolute atomic E-state index is 12.3. The van der Waals surface area contributed by atoms with Crippen LogP contribution >= 0.6 is 0 Å². The van der Waals surface area contributed by atoms with Gasteiger partial charge in [-0.05, 0) is 43.7 Å². The summed E-state index contributed by atoms with van der Waals surface area (Å²) in [6.07, 6.45) is 0.868. The molecular weight excluding hydrogens is 304 g/mol. The molecule has 126 valence electrons. The lowest BCUT2D eigenvalue weighted by molar-refractivity contribution is -0.116. The average Bonchev–Trinajstić information content (AvgIpc) is 2.79. The van der Waals surface area contributed by atoms with E-state index in [1.165, 1.54) is 0 Å². The number of aryl methyl sites for hydroxylation is 1. The number of benzene rings is 2. The number of carbonyl (C=O) groups excluding carboxylic acids is 1. The van der Waals surface area contributed by atoms with Gasteiger partial charge in [-0.1, -0.05) is 12.1 Å². The van der Waals surface area contributed by atoms with Crippen molar-refractivity contribution in [2.75, 3.05) is 23.8 Å². The first-order valence-corrected chi connectivity index (χ1v) is 8.15. The summed E-state index contributed by atoms with van der Waals surface area (Å²) in [4.78, 5) is 12.3. The van der Waals surface area contributed by atoms with Crippen LogP contribution in [-0.4, -0.2) is 25.2 Å². The molecule has 2 aromatic rings. The quantitative estimate of drug-likeness (QED) is 0.901. The van der Waals surface area contributed by atoms with E-state index in [2.05, 4.69) is 10.6 Å². The van der Waals surface area contributed by atoms with E-state index in [9.17, 15) is 4.79 Å². The Morgan fingerprint density at radius 3 is 2.62 bits per heavy atom. The van der Waals surface area contributed by atoms with Gasteiger partial charge < -0.3 is 20.1 Å². The molecule has 1 aliphatic rings. The van der Waals surface area contributed by atoms with Gasteiger partial charge in [0.1, 0.15) is 6.04 Å². The molecule has 1 amide bonds. The van der Waals surface area contributed by atoms with Crippen molar-refractivity contribution in [1.29, 1.82) is 0 Å². The molecule has 0 fully saturated rings. The van der Waals surface area contributed by atoms with Gasteiger partial charge in [0.15, 0.2) is 11.5 Å². The molecule has 2 aromatic carbocycles. The van der Waals surface area contributed by atoms with Gasteiger partial charge in [0.2, 0.25) is 5.91 Å². The number of hydrogen-bond donors (Lipinski definition) is 2. The first-order chi connectivity index (χ1) is 11.6. The fourth-order valence-electron chi connectivity index (χ4n) is 2.54. The van der Waals surface area contributed by atoms with Gasteiger partial charge in [0, 0.05) is 23.9 Å². The number of anilines is 2. The molecule has 0 spiro atoms. The van der Waals surface area contributed by atoms with E-state index < -0.39 is 0 Å². The van der Waals surface area contributed by atoms with Crippen molar-refractivity contribution < 1.29 is 14.3 Å². The first-order valence-electron chi connectivity index (χ1n) is 8.15. The van der Waals surface area contributed by atoms with Crippen LogP contribution in [0.15, 0.2) is 42.5 Å². The number of amides is 1. The predicted molar refractivity (Wildman–Crippen MR) is 94.9 cm³/mol. The summed E-state index contributed by atoms with van der Waals surface area (Å²) >= 11 is 0. The predicted octanol–water partition coefficient (Wildman–Crippen LogP) is 3.60. The van der Waals surface area contributed by atoms with Crippen molar-refractivity contribution in [3.63, 3.8) is 0 Å². The lowest BCUT2D eigenvalue weighted by Crippen LogP contribution is -2.31. The minimum Gasteiger partial charge on any atom is -0.490 e. The number of hydrogen-bond acceptors (Lipinski definition) is 4. The normalized spacial score (nSPS) is 14.4. The molecule has 2 N–H and O–H groups in total. The molecule has 0 aliphatic carbocycles. The highest BCUT2D eigenvalue weighted by atomic mass is 16.5. The average molecular weight is 326 g/mol. The molecule has 0 saturated heterocycles. The van der Waals surface area contributed by atoms with Gasteiger partial charge in [0.05, 0.1) is 13.2 Å². The zero-order valence-corrected chi connectivity index (χ0v) is 14.0. The second kappa shape index (κ2) is 7.25. The highest BCUT2D eigenvalue weighted by molar-refractivity contribution is 5.96. The maximum atomic E-state index is 12.3. The summed E-state index contributed by atoms with van der Waals surface area (Å²) in [5.41, 5.74) is 2.73. The molecular formula is C19H22N2O3. The molecule has 0 radical (unpaired) electrons. The molecule has 1 aliphatic heterocycles. The topological polar surface area (TPSA) is 59.6 Å². The van der Waals surface area contributed by atoms with Crippen LogP contribution in [0.25, 0.3) is 0 Å². The Morgan fingerprint density at radius 1 is 1.04 bits per heavy atom. The summed E-state index contributed by atoms with van der Waals surface area (Å²) in [7, 11) is 0. The van der Waals surface area contributed by atoms with E-state index >= 15 is 0 Å². The van der Waals surface area contributed by atoms with E-state index in [1.54, 1.807) is 0 Å². The van der Waals surface area contributed by atoms with E-state index in [0.717, 1.165) is 29.1 Å². The highest BCUT2D eigenvalue weighted by Crippen LogP contribution is 2.32. The van der Waals surface area contributed by atoms with Crippen LogP contribution < -0.4 is 20.1 Å². The molecule has 0 bridgehead atoms. The van der Waals surface area contributed by atoms with Crippen molar-refractivity contribution in [2.24, 2.45) is 0 Å². The second-order valence-corrected chi connectivity index (χ2v) is 5.94. The largest absolute Gasteiger partial charge is 0.490 e. The van der Waals surface area contributed by atoms with Crippen LogP contribution in [-0.2, 0) is 4.79 Å². The van der Waals surface area contributed by atoms with E-state index in [1.807, 2.05) is 56.3 Å². The fourth-order valence-corrected chi connectivity index (χ4v) is 2.54. The van der Waals surface area contributed by atoms with Gasteiger partial charge in [-0.3, -0.25) is 4.79 Å². The smallest absolute Gasteiger partial charge is 0.246 e. The Bertz CT molecular complexity index is 730. The number of nitrogens with one attached hydrogen (secondary N) is 2. The fraction of sp³-hybridized carbons (Fsp3) is 0.316. The molecule has 24 heavy (non-hydrogen) atoms. The molecule has 3 rings (SSSR count). The molecule has 1 atom stereocenters. The molecule has 5 heteroatoms. The van der Waals surface area contributed by atoms with E-state index in [-0.39, 0.29) is 11.9 Å². The third-order valence-electron chi connectivity index (χ3n) is 3.81. The molecule has 5 nitrogen and oxygen atoms in total. The lowest BCUT2D eigenvalue weighted by atomic mass is 10.2. The van der Waals surface area contributed by atoms with Crippen molar-refractivity contribution in [2.45, 2.75) is 26.3 Å². The molecule has 0 aromatic heterocycles. The van der Waals surface area contributed by atoms with Crippen LogP contribution in [0, 0.1) is 6.92 Å². The summed E-state index contributed by atoms with van der Waals surface area (Å²) in [5, 5.41) is 6.12. The summed E-state index contributed by atoms with van der Waals surface area (Å²) in [5.74, 6) is 1.37.